The van der Waals surface area contributed by atoms with Crippen LogP contribution < -0.4 is 5.56 Å². The third kappa shape index (κ3) is 2.33. The lowest BCUT2D eigenvalue weighted by Gasteiger charge is -2.27. The van der Waals surface area contributed by atoms with Crippen LogP contribution in [0.1, 0.15) is 41.3 Å². The zero-order valence-corrected chi connectivity index (χ0v) is 13.6. The summed E-state index contributed by atoms with van der Waals surface area (Å²) in [5, 5.41) is 7.55. The number of nitrogens with zero attached hydrogens (tertiary/aromatic N) is 3. The summed E-state index contributed by atoms with van der Waals surface area (Å²) in [5.74, 6) is 0.600. The number of nitrogens with one attached hydrogen (secondary N) is 1. The highest BCUT2D eigenvalue weighted by atomic mass is 32.1. The van der Waals surface area contributed by atoms with Crippen molar-refractivity contribution < 1.29 is 0 Å². The summed E-state index contributed by atoms with van der Waals surface area (Å²) in [5.41, 5.74) is 5.20. The SMILES string of the molecule is O=c1c2c(nc3cc(C4CC4)[nH]n13)CN(Cc1ccsc1)CC2. The Balaban J connectivity index is 1.50. The second-order valence-electron chi connectivity index (χ2n) is 6.61. The van der Waals surface area contributed by atoms with Crippen LogP contribution in [-0.4, -0.2) is 26.0 Å². The molecule has 0 amide bonds. The number of aromatic nitrogens is 3. The third-order valence-electron chi connectivity index (χ3n) is 4.87. The minimum Gasteiger partial charge on any atom is -0.293 e. The van der Waals surface area contributed by atoms with Gasteiger partial charge in [0, 0.05) is 42.9 Å². The molecule has 118 valence electrons. The van der Waals surface area contributed by atoms with Gasteiger partial charge in [0.15, 0.2) is 5.65 Å². The van der Waals surface area contributed by atoms with Crippen molar-refractivity contribution in [2.75, 3.05) is 6.54 Å². The summed E-state index contributed by atoms with van der Waals surface area (Å²) < 4.78 is 1.64. The van der Waals surface area contributed by atoms with Gasteiger partial charge in [-0.3, -0.25) is 14.8 Å². The van der Waals surface area contributed by atoms with Crippen molar-refractivity contribution in [3.05, 3.63) is 55.8 Å². The first kappa shape index (κ1) is 13.5. The maximum absolute atomic E-state index is 12.7. The van der Waals surface area contributed by atoms with Gasteiger partial charge in [-0.25, -0.2) is 9.50 Å². The molecule has 1 fully saturated rings. The van der Waals surface area contributed by atoms with Gasteiger partial charge in [-0.1, -0.05) is 0 Å². The normalized spacial score (nSPS) is 18.4. The van der Waals surface area contributed by atoms with E-state index in [1.807, 2.05) is 0 Å². The maximum atomic E-state index is 12.7. The summed E-state index contributed by atoms with van der Waals surface area (Å²) >= 11 is 1.73. The fraction of sp³-hybridized carbons (Fsp3) is 0.412. The van der Waals surface area contributed by atoms with Crippen molar-refractivity contribution in [3.63, 3.8) is 0 Å². The molecule has 6 heteroatoms. The number of aromatic amines is 1. The van der Waals surface area contributed by atoms with Crippen molar-refractivity contribution in [2.24, 2.45) is 0 Å². The van der Waals surface area contributed by atoms with Crippen LogP contribution in [0.3, 0.4) is 0 Å². The van der Waals surface area contributed by atoms with E-state index in [-0.39, 0.29) is 5.56 Å². The molecular formula is C17H18N4OS. The zero-order valence-electron chi connectivity index (χ0n) is 12.8. The molecule has 0 atom stereocenters. The molecule has 5 rings (SSSR count). The molecule has 0 saturated heterocycles. The van der Waals surface area contributed by atoms with Crippen LogP contribution in [0.2, 0.25) is 0 Å². The number of H-pyrrole nitrogens is 1. The quantitative estimate of drug-likeness (QED) is 0.805. The summed E-state index contributed by atoms with van der Waals surface area (Å²) in [6, 6.07) is 4.22. The minimum atomic E-state index is 0.0899. The lowest BCUT2D eigenvalue weighted by Crippen LogP contribution is -2.35. The van der Waals surface area contributed by atoms with E-state index in [0.717, 1.165) is 48.7 Å². The first-order chi connectivity index (χ1) is 11.3. The van der Waals surface area contributed by atoms with Gasteiger partial charge >= 0.3 is 0 Å². The Kier molecular flexibility index (Phi) is 2.96. The predicted molar refractivity (Wildman–Crippen MR) is 89.9 cm³/mol. The molecule has 2 aliphatic rings. The molecule has 3 aromatic rings. The fourth-order valence-electron chi connectivity index (χ4n) is 3.45. The number of hydrogen-bond acceptors (Lipinski definition) is 4. The first-order valence-corrected chi connectivity index (χ1v) is 9.09. The molecule has 0 radical (unpaired) electrons. The van der Waals surface area contributed by atoms with Crippen molar-refractivity contribution in [1.29, 1.82) is 0 Å². The molecule has 5 nitrogen and oxygen atoms in total. The van der Waals surface area contributed by atoms with Gasteiger partial charge in [0.2, 0.25) is 0 Å². The van der Waals surface area contributed by atoms with Gasteiger partial charge in [-0.15, -0.1) is 0 Å². The Morgan fingerprint density at radius 2 is 2.30 bits per heavy atom. The maximum Gasteiger partial charge on any atom is 0.276 e. The fourth-order valence-corrected chi connectivity index (χ4v) is 4.11. The topological polar surface area (TPSA) is 53.4 Å². The molecule has 3 aromatic heterocycles. The van der Waals surface area contributed by atoms with E-state index in [0.29, 0.717) is 5.92 Å². The Hall–Kier alpha value is -1.92. The monoisotopic (exact) mass is 326 g/mol. The first-order valence-electron chi connectivity index (χ1n) is 8.15. The molecular weight excluding hydrogens is 308 g/mol. The summed E-state index contributed by atoms with van der Waals surface area (Å²) in [6.45, 7) is 2.62. The van der Waals surface area contributed by atoms with Crippen LogP contribution in [0.15, 0.2) is 27.7 Å². The van der Waals surface area contributed by atoms with E-state index in [1.165, 1.54) is 18.4 Å². The minimum absolute atomic E-state index is 0.0899. The van der Waals surface area contributed by atoms with Gasteiger partial charge in [0.25, 0.3) is 5.56 Å². The summed E-state index contributed by atoms with van der Waals surface area (Å²) in [4.78, 5) is 19.9. The standard InChI is InChI=1S/C17H18N4OS/c22-17-13-3-5-20(8-11-4-6-23-10-11)9-15(13)18-16-7-14(12-1-2-12)19-21(16)17/h4,6-7,10,12,19H,1-3,5,8-9H2. The smallest absolute Gasteiger partial charge is 0.276 e. The van der Waals surface area contributed by atoms with Crippen LogP contribution in [0, 0.1) is 0 Å². The van der Waals surface area contributed by atoms with E-state index in [9.17, 15) is 4.79 Å². The Bertz CT molecular complexity index is 920. The molecule has 1 aliphatic heterocycles. The van der Waals surface area contributed by atoms with Gasteiger partial charge in [0.1, 0.15) is 0 Å². The number of rotatable bonds is 3. The Morgan fingerprint density at radius 1 is 1.39 bits per heavy atom. The van der Waals surface area contributed by atoms with E-state index in [2.05, 4.69) is 32.9 Å². The molecule has 4 heterocycles. The lowest BCUT2D eigenvalue weighted by atomic mass is 10.1. The average Bonchev–Trinajstić information content (AvgIpc) is 3.10. The van der Waals surface area contributed by atoms with Gasteiger partial charge in [-0.2, -0.15) is 11.3 Å². The van der Waals surface area contributed by atoms with E-state index >= 15 is 0 Å². The van der Waals surface area contributed by atoms with E-state index < -0.39 is 0 Å². The molecule has 0 aromatic carbocycles. The highest BCUT2D eigenvalue weighted by molar-refractivity contribution is 7.07. The van der Waals surface area contributed by atoms with Gasteiger partial charge < -0.3 is 0 Å². The molecule has 1 N–H and O–H groups in total. The van der Waals surface area contributed by atoms with Crippen molar-refractivity contribution in [1.82, 2.24) is 19.5 Å². The van der Waals surface area contributed by atoms with Crippen LogP contribution in [0.25, 0.3) is 5.65 Å². The summed E-state index contributed by atoms with van der Waals surface area (Å²) in [7, 11) is 0. The number of thiophene rings is 1. The number of hydrogen-bond donors (Lipinski definition) is 1. The summed E-state index contributed by atoms with van der Waals surface area (Å²) in [6.07, 6.45) is 3.22. The molecule has 1 aliphatic carbocycles. The molecule has 0 spiro atoms. The molecule has 0 bridgehead atoms. The van der Waals surface area contributed by atoms with Crippen LogP contribution >= 0.6 is 11.3 Å². The highest BCUT2D eigenvalue weighted by Gasteiger charge is 2.27. The predicted octanol–water partition coefficient (Wildman–Crippen LogP) is 2.52. The largest absolute Gasteiger partial charge is 0.293 e. The Morgan fingerprint density at radius 3 is 3.09 bits per heavy atom. The van der Waals surface area contributed by atoms with Gasteiger partial charge in [0.05, 0.1) is 5.69 Å². The average molecular weight is 326 g/mol. The third-order valence-corrected chi connectivity index (χ3v) is 5.60. The van der Waals surface area contributed by atoms with Crippen molar-refractivity contribution in [2.45, 2.75) is 38.3 Å². The van der Waals surface area contributed by atoms with Crippen molar-refractivity contribution in [3.8, 4) is 0 Å². The van der Waals surface area contributed by atoms with Crippen LogP contribution in [0.4, 0.5) is 0 Å². The van der Waals surface area contributed by atoms with Crippen LogP contribution in [0.5, 0.6) is 0 Å². The number of fused-ring (bicyclic) bond motifs is 2. The van der Waals surface area contributed by atoms with Crippen LogP contribution in [-0.2, 0) is 19.5 Å². The molecule has 1 saturated carbocycles. The second kappa shape index (κ2) is 5.04. The molecule has 23 heavy (non-hydrogen) atoms. The van der Waals surface area contributed by atoms with Crippen molar-refractivity contribution >= 4 is 17.0 Å². The highest BCUT2D eigenvalue weighted by Crippen LogP contribution is 2.39. The molecule has 0 unspecified atom stereocenters. The second-order valence-corrected chi connectivity index (χ2v) is 7.39. The Labute approximate surface area is 137 Å². The van der Waals surface area contributed by atoms with E-state index in [4.69, 9.17) is 4.98 Å². The zero-order chi connectivity index (χ0) is 15.4. The van der Waals surface area contributed by atoms with E-state index in [1.54, 1.807) is 15.9 Å². The van der Waals surface area contributed by atoms with Gasteiger partial charge in [-0.05, 0) is 41.7 Å². The lowest BCUT2D eigenvalue weighted by molar-refractivity contribution is 0.241.